The third-order valence-electron chi connectivity index (χ3n) is 3.02. The number of hydrogen-bond acceptors (Lipinski definition) is 3. The first-order chi connectivity index (χ1) is 7.30. The van der Waals surface area contributed by atoms with Crippen LogP contribution in [0.3, 0.4) is 0 Å². The van der Waals surface area contributed by atoms with Crippen LogP contribution in [0.2, 0.25) is 0 Å². The lowest BCUT2D eigenvalue weighted by molar-refractivity contribution is -0.0173. The molecule has 0 aliphatic carbocycles. The van der Waals surface area contributed by atoms with Crippen molar-refractivity contribution in [1.82, 2.24) is 9.80 Å². The van der Waals surface area contributed by atoms with Crippen molar-refractivity contribution in [1.29, 1.82) is 0 Å². The molecule has 1 aliphatic heterocycles. The van der Waals surface area contributed by atoms with E-state index in [0.717, 1.165) is 38.1 Å². The van der Waals surface area contributed by atoms with Crippen LogP contribution in [0.15, 0.2) is 0 Å². The van der Waals surface area contributed by atoms with Gasteiger partial charge in [0.1, 0.15) is 0 Å². The Morgan fingerprint density at radius 3 is 2.73 bits per heavy atom. The van der Waals surface area contributed by atoms with Crippen LogP contribution >= 0.6 is 15.9 Å². The summed E-state index contributed by atoms with van der Waals surface area (Å²) in [7, 11) is 0. The number of ether oxygens (including phenoxy) is 1. The molecule has 1 heterocycles. The standard InChI is InChI=1S/C11H23BrN2O/c1-3-13(4-2)5-6-14-7-8-15-11(9-12)10-14/h11H,3-10H2,1-2H3. The lowest BCUT2D eigenvalue weighted by Gasteiger charge is -2.33. The summed E-state index contributed by atoms with van der Waals surface area (Å²) in [4.78, 5) is 4.98. The quantitative estimate of drug-likeness (QED) is 0.684. The Hall–Kier alpha value is 0.360. The maximum atomic E-state index is 5.61. The number of nitrogens with zero attached hydrogens (tertiary/aromatic N) is 2. The van der Waals surface area contributed by atoms with Gasteiger partial charge >= 0.3 is 0 Å². The van der Waals surface area contributed by atoms with Crippen molar-refractivity contribution in [2.45, 2.75) is 20.0 Å². The highest BCUT2D eigenvalue weighted by Crippen LogP contribution is 2.07. The third-order valence-corrected chi connectivity index (χ3v) is 3.74. The van der Waals surface area contributed by atoms with E-state index in [-0.39, 0.29) is 0 Å². The van der Waals surface area contributed by atoms with Crippen molar-refractivity contribution in [3.05, 3.63) is 0 Å². The normalized spacial score (nSPS) is 23.6. The van der Waals surface area contributed by atoms with Crippen LogP contribution in [0.1, 0.15) is 13.8 Å². The lowest BCUT2D eigenvalue weighted by Crippen LogP contribution is -2.46. The summed E-state index contributed by atoms with van der Waals surface area (Å²) in [6, 6.07) is 0. The smallest absolute Gasteiger partial charge is 0.0799 e. The van der Waals surface area contributed by atoms with E-state index in [2.05, 4.69) is 39.6 Å². The Labute approximate surface area is 102 Å². The van der Waals surface area contributed by atoms with Crippen LogP contribution in [0.4, 0.5) is 0 Å². The predicted molar refractivity (Wildman–Crippen MR) is 67.8 cm³/mol. The molecule has 0 radical (unpaired) electrons. The molecule has 1 aliphatic rings. The molecule has 0 aromatic heterocycles. The number of morpholine rings is 1. The van der Waals surface area contributed by atoms with Crippen LogP contribution in [-0.2, 0) is 4.74 Å². The van der Waals surface area contributed by atoms with Crippen molar-refractivity contribution in [3.8, 4) is 0 Å². The summed E-state index contributed by atoms with van der Waals surface area (Å²) < 4.78 is 5.61. The van der Waals surface area contributed by atoms with E-state index in [9.17, 15) is 0 Å². The minimum Gasteiger partial charge on any atom is -0.375 e. The molecule has 3 nitrogen and oxygen atoms in total. The average molecular weight is 279 g/mol. The van der Waals surface area contributed by atoms with E-state index in [4.69, 9.17) is 4.74 Å². The Morgan fingerprint density at radius 2 is 2.13 bits per heavy atom. The van der Waals surface area contributed by atoms with Crippen molar-refractivity contribution in [3.63, 3.8) is 0 Å². The molecule has 0 aromatic rings. The zero-order valence-electron chi connectivity index (χ0n) is 9.91. The second-order valence-electron chi connectivity index (χ2n) is 3.97. The second kappa shape index (κ2) is 7.60. The highest BCUT2D eigenvalue weighted by Gasteiger charge is 2.19. The van der Waals surface area contributed by atoms with Gasteiger partial charge < -0.3 is 9.64 Å². The topological polar surface area (TPSA) is 15.7 Å². The van der Waals surface area contributed by atoms with Crippen LogP contribution in [0.25, 0.3) is 0 Å². The largest absolute Gasteiger partial charge is 0.375 e. The average Bonchev–Trinajstić information content (AvgIpc) is 2.31. The van der Waals surface area contributed by atoms with Gasteiger partial charge in [-0.3, -0.25) is 4.90 Å². The zero-order chi connectivity index (χ0) is 11.1. The number of rotatable bonds is 6. The molecule has 1 unspecified atom stereocenters. The Balaban J connectivity index is 2.20. The first kappa shape index (κ1) is 13.4. The minimum atomic E-state index is 0.385. The molecule has 1 fully saturated rings. The molecule has 0 aromatic carbocycles. The van der Waals surface area contributed by atoms with Crippen molar-refractivity contribution >= 4 is 15.9 Å². The van der Waals surface area contributed by atoms with Gasteiger partial charge in [0.25, 0.3) is 0 Å². The van der Waals surface area contributed by atoms with E-state index in [0.29, 0.717) is 6.10 Å². The van der Waals surface area contributed by atoms with E-state index >= 15 is 0 Å². The van der Waals surface area contributed by atoms with Gasteiger partial charge in [0, 0.05) is 31.5 Å². The number of alkyl halides is 1. The van der Waals surface area contributed by atoms with Crippen molar-refractivity contribution in [2.75, 3.05) is 51.2 Å². The van der Waals surface area contributed by atoms with Gasteiger partial charge in [-0.05, 0) is 13.1 Å². The molecule has 90 valence electrons. The maximum absolute atomic E-state index is 5.61. The SMILES string of the molecule is CCN(CC)CCN1CCOC(CBr)C1. The van der Waals surface area contributed by atoms with E-state index in [1.165, 1.54) is 13.1 Å². The van der Waals surface area contributed by atoms with Gasteiger partial charge in [0.05, 0.1) is 12.7 Å². The number of likely N-dealkylation sites (N-methyl/N-ethyl adjacent to an activating group) is 1. The van der Waals surface area contributed by atoms with Crippen LogP contribution < -0.4 is 0 Å². The fourth-order valence-corrected chi connectivity index (χ4v) is 2.29. The van der Waals surface area contributed by atoms with Crippen LogP contribution in [0.5, 0.6) is 0 Å². The molecule has 1 rings (SSSR count). The molecule has 0 amide bonds. The van der Waals surface area contributed by atoms with E-state index in [1.54, 1.807) is 0 Å². The molecule has 0 spiro atoms. The van der Waals surface area contributed by atoms with Crippen molar-refractivity contribution in [2.24, 2.45) is 0 Å². The molecule has 15 heavy (non-hydrogen) atoms. The lowest BCUT2D eigenvalue weighted by atomic mass is 10.3. The summed E-state index contributed by atoms with van der Waals surface area (Å²) >= 11 is 3.48. The third kappa shape index (κ3) is 4.81. The summed E-state index contributed by atoms with van der Waals surface area (Å²) in [5, 5.41) is 0.953. The summed E-state index contributed by atoms with van der Waals surface area (Å²) in [5.74, 6) is 0. The summed E-state index contributed by atoms with van der Waals surface area (Å²) in [6.45, 7) is 12.2. The van der Waals surface area contributed by atoms with E-state index in [1.807, 2.05) is 0 Å². The molecular formula is C11H23BrN2O. The molecule has 1 saturated heterocycles. The monoisotopic (exact) mass is 278 g/mol. The summed E-state index contributed by atoms with van der Waals surface area (Å²) in [6.07, 6.45) is 0.385. The number of hydrogen-bond donors (Lipinski definition) is 0. The molecule has 0 bridgehead atoms. The fraction of sp³-hybridized carbons (Fsp3) is 1.00. The Morgan fingerprint density at radius 1 is 1.40 bits per heavy atom. The Bertz CT molecular complexity index is 165. The second-order valence-corrected chi connectivity index (χ2v) is 4.62. The Kier molecular flexibility index (Phi) is 6.81. The highest BCUT2D eigenvalue weighted by atomic mass is 79.9. The predicted octanol–water partition coefficient (Wildman–Crippen LogP) is 1.42. The molecule has 0 saturated carbocycles. The van der Waals surface area contributed by atoms with Gasteiger partial charge in [-0.1, -0.05) is 29.8 Å². The maximum Gasteiger partial charge on any atom is 0.0799 e. The molecule has 1 atom stereocenters. The van der Waals surface area contributed by atoms with Gasteiger partial charge in [0.15, 0.2) is 0 Å². The number of halogens is 1. The van der Waals surface area contributed by atoms with Gasteiger partial charge in [-0.15, -0.1) is 0 Å². The minimum absolute atomic E-state index is 0.385. The zero-order valence-corrected chi connectivity index (χ0v) is 11.5. The first-order valence-electron chi connectivity index (χ1n) is 5.92. The van der Waals surface area contributed by atoms with Crippen LogP contribution in [0, 0.1) is 0 Å². The van der Waals surface area contributed by atoms with E-state index < -0.39 is 0 Å². The molecule has 4 heteroatoms. The summed E-state index contributed by atoms with van der Waals surface area (Å²) in [5.41, 5.74) is 0. The van der Waals surface area contributed by atoms with Gasteiger partial charge in [-0.25, -0.2) is 0 Å². The highest BCUT2D eigenvalue weighted by molar-refractivity contribution is 9.09. The van der Waals surface area contributed by atoms with Crippen molar-refractivity contribution < 1.29 is 4.74 Å². The van der Waals surface area contributed by atoms with Gasteiger partial charge in [-0.2, -0.15) is 0 Å². The fourth-order valence-electron chi connectivity index (χ4n) is 1.90. The molecule has 0 N–H and O–H groups in total. The van der Waals surface area contributed by atoms with Crippen LogP contribution in [-0.4, -0.2) is 67.1 Å². The van der Waals surface area contributed by atoms with Gasteiger partial charge in [0.2, 0.25) is 0 Å². The first-order valence-corrected chi connectivity index (χ1v) is 7.04. The molecular weight excluding hydrogens is 256 g/mol.